The van der Waals surface area contributed by atoms with Crippen molar-refractivity contribution in [3.8, 4) is 0 Å². The lowest BCUT2D eigenvalue weighted by Gasteiger charge is -2.35. The zero-order chi connectivity index (χ0) is 13.9. The predicted molar refractivity (Wildman–Crippen MR) is 73.6 cm³/mol. The highest BCUT2D eigenvalue weighted by Gasteiger charge is 2.30. The van der Waals surface area contributed by atoms with Gasteiger partial charge in [-0.2, -0.15) is 5.10 Å². The zero-order valence-electron chi connectivity index (χ0n) is 11.3. The van der Waals surface area contributed by atoms with Gasteiger partial charge in [-0.05, 0) is 13.0 Å². The number of rotatable bonds is 3. The normalized spacial score (nSPS) is 19.2. The van der Waals surface area contributed by atoms with Crippen molar-refractivity contribution in [1.29, 1.82) is 0 Å². The van der Waals surface area contributed by atoms with Gasteiger partial charge in [0.2, 0.25) is 0 Å². The summed E-state index contributed by atoms with van der Waals surface area (Å²) in [5.41, 5.74) is 0.767. The number of anilines is 1. The van der Waals surface area contributed by atoms with Crippen LogP contribution < -0.4 is 10.2 Å². The average molecular weight is 275 g/mol. The van der Waals surface area contributed by atoms with E-state index in [2.05, 4.69) is 15.4 Å². The summed E-state index contributed by atoms with van der Waals surface area (Å²) in [7, 11) is 0. The minimum Gasteiger partial charge on any atom is -0.464 e. The van der Waals surface area contributed by atoms with E-state index >= 15 is 0 Å². The van der Waals surface area contributed by atoms with E-state index in [-0.39, 0.29) is 12.0 Å². The molecule has 3 heterocycles. The molecule has 0 amide bonds. The van der Waals surface area contributed by atoms with Crippen molar-refractivity contribution in [3.05, 3.63) is 24.5 Å². The number of esters is 1. The van der Waals surface area contributed by atoms with E-state index in [1.165, 1.54) is 0 Å². The molecule has 1 unspecified atom stereocenters. The molecule has 1 atom stereocenters. The van der Waals surface area contributed by atoms with Gasteiger partial charge in [-0.1, -0.05) is 0 Å². The maximum absolute atomic E-state index is 12.0. The second-order valence-electron chi connectivity index (χ2n) is 4.59. The van der Waals surface area contributed by atoms with Crippen LogP contribution in [0.3, 0.4) is 0 Å². The van der Waals surface area contributed by atoms with Crippen molar-refractivity contribution in [2.45, 2.75) is 13.0 Å². The summed E-state index contributed by atoms with van der Waals surface area (Å²) in [6, 6.07) is 3.38. The third-order valence-electron chi connectivity index (χ3n) is 3.34. The lowest BCUT2D eigenvalue weighted by Crippen LogP contribution is -2.56. The van der Waals surface area contributed by atoms with Crippen LogP contribution in [-0.2, 0) is 9.53 Å². The maximum atomic E-state index is 12.0. The summed E-state index contributed by atoms with van der Waals surface area (Å²) in [6.45, 7) is 4.32. The molecule has 3 rings (SSSR count). The van der Waals surface area contributed by atoms with Crippen LogP contribution in [0.25, 0.3) is 5.65 Å². The van der Waals surface area contributed by atoms with Gasteiger partial charge < -0.3 is 15.0 Å². The first-order valence-corrected chi connectivity index (χ1v) is 6.74. The highest BCUT2D eigenvalue weighted by Crippen LogP contribution is 2.17. The number of hydrogen-bond acceptors (Lipinski definition) is 6. The number of fused-ring (bicyclic) bond motifs is 1. The van der Waals surface area contributed by atoms with Gasteiger partial charge in [-0.3, -0.25) is 0 Å². The topological polar surface area (TPSA) is 71.8 Å². The van der Waals surface area contributed by atoms with Gasteiger partial charge in [0.15, 0.2) is 5.65 Å². The number of ether oxygens (including phenoxy) is 1. The van der Waals surface area contributed by atoms with Crippen LogP contribution in [0.1, 0.15) is 6.92 Å². The Labute approximate surface area is 116 Å². The summed E-state index contributed by atoms with van der Waals surface area (Å²) < 4.78 is 6.84. The molecule has 0 aromatic carbocycles. The van der Waals surface area contributed by atoms with E-state index in [1.54, 1.807) is 10.7 Å². The fraction of sp³-hybridized carbons (Fsp3) is 0.462. The van der Waals surface area contributed by atoms with Crippen molar-refractivity contribution >= 4 is 17.4 Å². The van der Waals surface area contributed by atoms with E-state index in [4.69, 9.17) is 4.74 Å². The molecule has 1 N–H and O–H groups in total. The number of piperazine rings is 1. The van der Waals surface area contributed by atoms with Crippen LogP contribution in [0.5, 0.6) is 0 Å². The second-order valence-corrected chi connectivity index (χ2v) is 4.59. The average Bonchev–Trinajstić information content (AvgIpc) is 2.95. The van der Waals surface area contributed by atoms with Crippen LogP contribution in [0.2, 0.25) is 0 Å². The van der Waals surface area contributed by atoms with E-state index in [0.717, 1.165) is 24.6 Å². The van der Waals surface area contributed by atoms with Crippen LogP contribution in [-0.4, -0.2) is 52.9 Å². The predicted octanol–water partition coefficient (Wildman–Crippen LogP) is 0.0706. The lowest BCUT2D eigenvalue weighted by molar-refractivity contribution is -0.144. The third kappa shape index (κ3) is 2.32. The summed E-state index contributed by atoms with van der Waals surface area (Å²) >= 11 is 0. The van der Waals surface area contributed by atoms with Crippen molar-refractivity contribution < 1.29 is 9.53 Å². The zero-order valence-corrected chi connectivity index (χ0v) is 11.3. The van der Waals surface area contributed by atoms with Gasteiger partial charge in [0.25, 0.3) is 0 Å². The Kier molecular flexibility index (Phi) is 3.51. The monoisotopic (exact) mass is 275 g/mol. The Morgan fingerprint density at radius 1 is 1.55 bits per heavy atom. The molecule has 20 heavy (non-hydrogen) atoms. The van der Waals surface area contributed by atoms with E-state index in [1.807, 2.05) is 30.2 Å². The van der Waals surface area contributed by atoms with Crippen molar-refractivity contribution in [2.24, 2.45) is 0 Å². The van der Waals surface area contributed by atoms with Crippen molar-refractivity contribution in [3.63, 3.8) is 0 Å². The Morgan fingerprint density at radius 2 is 2.45 bits per heavy atom. The van der Waals surface area contributed by atoms with E-state index in [9.17, 15) is 4.79 Å². The highest BCUT2D eigenvalue weighted by molar-refractivity contribution is 5.80. The Hall–Kier alpha value is -2.15. The minimum atomic E-state index is -0.332. The van der Waals surface area contributed by atoms with Crippen LogP contribution in [0.4, 0.5) is 5.82 Å². The number of nitrogens with zero attached hydrogens (tertiary/aromatic N) is 4. The SMILES string of the molecule is CCOC(=O)C1CNCCN1c1ccn2nccc2n1. The standard InChI is InChI=1S/C13H17N5O2/c1-2-20-13(19)10-9-14-6-8-17(10)11-4-7-18-12(16-11)3-5-15-18/h3-5,7,10,14H,2,6,8-9H2,1H3. The van der Waals surface area contributed by atoms with Gasteiger partial charge in [-0.25, -0.2) is 14.3 Å². The number of aromatic nitrogens is 3. The molecule has 0 radical (unpaired) electrons. The number of hydrogen-bond donors (Lipinski definition) is 1. The maximum Gasteiger partial charge on any atom is 0.330 e. The second kappa shape index (κ2) is 5.46. The fourth-order valence-electron chi connectivity index (χ4n) is 2.39. The number of carbonyl (C=O) groups is 1. The van der Waals surface area contributed by atoms with Gasteiger partial charge in [-0.15, -0.1) is 0 Å². The first-order valence-electron chi connectivity index (χ1n) is 6.74. The molecule has 1 fully saturated rings. The molecule has 2 aromatic heterocycles. The molecular weight excluding hydrogens is 258 g/mol. The Balaban J connectivity index is 1.90. The van der Waals surface area contributed by atoms with Gasteiger partial charge in [0.1, 0.15) is 11.9 Å². The lowest BCUT2D eigenvalue weighted by atomic mass is 10.2. The van der Waals surface area contributed by atoms with Crippen molar-refractivity contribution in [1.82, 2.24) is 19.9 Å². The highest BCUT2D eigenvalue weighted by atomic mass is 16.5. The molecule has 0 aliphatic carbocycles. The molecular formula is C13H17N5O2. The van der Waals surface area contributed by atoms with Gasteiger partial charge >= 0.3 is 5.97 Å². The molecule has 7 nitrogen and oxygen atoms in total. The van der Waals surface area contributed by atoms with Crippen LogP contribution in [0.15, 0.2) is 24.5 Å². The van der Waals surface area contributed by atoms with Crippen molar-refractivity contribution in [2.75, 3.05) is 31.1 Å². The smallest absolute Gasteiger partial charge is 0.330 e. The number of carbonyl (C=O) groups excluding carboxylic acids is 1. The van der Waals surface area contributed by atoms with Crippen LogP contribution in [0, 0.1) is 0 Å². The molecule has 0 bridgehead atoms. The first-order chi connectivity index (χ1) is 9.79. The molecule has 0 saturated carbocycles. The largest absolute Gasteiger partial charge is 0.464 e. The molecule has 7 heteroatoms. The van der Waals surface area contributed by atoms with Gasteiger partial charge in [0, 0.05) is 31.9 Å². The van der Waals surface area contributed by atoms with E-state index < -0.39 is 0 Å². The quantitative estimate of drug-likeness (QED) is 0.799. The molecule has 1 aliphatic rings. The molecule has 1 aliphatic heterocycles. The van der Waals surface area contributed by atoms with Crippen LogP contribution >= 0.6 is 0 Å². The molecule has 106 valence electrons. The summed E-state index contributed by atoms with van der Waals surface area (Å²) in [5, 5.41) is 7.34. The minimum absolute atomic E-state index is 0.213. The molecule has 0 spiro atoms. The summed E-state index contributed by atoms with van der Waals surface area (Å²) in [5.74, 6) is 0.562. The Morgan fingerprint density at radius 3 is 3.30 bits per heavy atom. The summed E-state index contributed by atoms with van der Waals surface area (Å²) in [4.78, 5) is 18.6. The molecule has 1 saturated heterocycles. The van der Waals surface area contributed by atoms with E-state index in [0.29, 0.717) is 13.2 Å². The Bertz CT molecular complexity index is 612. The fourth-order valence-corrected chi connectivity index (χ4v) is 2.39. The third-order valence-corrected chi connectivity index (χ3v) is 3.34. The molecule has 2 aromatic rings. The van der Waals surface area contributed by atoms with Gasteiger partial charge in [0.05, 0.1) is 12.8 Å². The summed E-state index contributed by atoms with van der Waals surface area (Å²) in [6.07, 6.45) is 3.55. The first kappa shape index (κ1) is 12.9. The number of nitrogens with one attached hydrogen (secondary N) is 1.